The second kappa shape index (κ2) is 6.17. The van der Waals surface area contributed by atoms with E-state index in [1.165, 1.54) is 11.0 Å². The molecule has 21 heavy (non-hydrogen) atoms. The normalized spacial score (nSPS) is 10.5. The molecular formula is C14H15N3O4. The van der Waals surface area contributed by atoms with E-state index in [0.29, 0.717) is 30.4 Å². The van der Waals surface area contributed by atoms with Gasteiger partial charge in [-0.2, -0.15) is 0 Å². The van der Waals surface area contributed by atoms with Gasteiger partial charge in [-0.15, -0.1) is 0 Å². The van der Waals surface area contributed by atoms with Gasteiger partial charge in [-0.1, -0.05) is 0 Å². The van der Waals surface area contributed by atoms with Crippen LogP contribution in [0.15, 0.2) is 30.5 Å². The van der Waals surface area contributed by atoms with Gasteiger partial charge in [0.25, 0.3) is 5.69 Å². The average Bonchev–Trinajstić information content (AvgIpc) is 2.47. The number of hydrogen-bond acceptors (Lipinski definition) is 4. The topological polar surface area (TPSA) is 96.6 Å². The Kier molecular flexibility index (Phi) is 4.32. The SMILES string of the molecule is CCN(CCc1ccc([N+](=O)[O-])c2cccnc12)C(=O)O. The van der Waals surface area contributed by atoms with Crippen molar-refractivity contribution in [3.8, 4) is 0 Å². The lowest BCUT2D eigenvalue weighted by molar-refractivity contribution is -0.383. The highest BCUT2D eigenvalue weighted by Gasteiger charge is 2.16. The summed E-state index contributed by atoms with van der Waals surface area (Å²) in [5.74, 6) is 0. The lowest BCUT2D eigenvalue weighted by Crippen LogP contribution is -2.31. The van der Waals surface area contributed by atoms with E-state index in [4.69, 9.17) is 5.11 Å². The Morgan fingerprint density at radius 2 is 2.19 bits per heavy atom. The number of pyridine rings is 1. The zero-order valence-corrected chi connectivity index (χ0v) is 11.5. The summed E-state index contributed by atoms with van der Waals surface area (Å²) in [7, 11) is 0. The fourth-order valence-corrected chi connectivity index (χ4v) is 2.22. The molecule has 1 heterocycles. The van der Waals surface area contributed by atoms with Crippen LogP contribution in [0.4, 0.5) is 10.5 Å². The summed E-state index contributed by atoms with van der Waals surface area (Å²) in [5, 5.41) is 20.5. The van der Waals surface area contributed by atoms with Crippen LogP contribution in [0, 0.1) is 10.1 Å². The third kappa shape index (κ3) is 3.07. The molecule has 1 aromatic carbocycles. The van der Waals surface area contributed by atoms with Crippen molar-refractivity contribution >= 4 is 22.7 Å². The Hall–Kier alpha value is -2.70. The molecule has 2 aromatic rings. The molecule has 0 fully saturated rings. The second-order valence-corrected chi connectivity index (χ2v) is 4.51. The first-order chi connectivity index (χ1) is 10.0. The van der Waals surface area contributed by atoms with Crippen LogP contribution in [0.5, 0.6) is 0 Å². The maximum Gasteiger partial charge on any atom is 0.407 e. The van der Waals surface area contributed by atoms with Crippen molar-refractivity contribution in [2.75, 3.05) is 13.1 Å². The molecule has 0 bridgehead atoms. The van der Waals surface area contributed by atoms with Crippen molar-refractivity contribution in [1.82, 2.24) is 9.88 Å². The largest absolute Gasteiger partial charge is 0.465 e. The van der Waals surface area contributed by atoms with Crippen molar-refractivity contribution in [2.45, 2.75) is 13.3 Å². The summed E-state index contributed by atoms with van der Waals surface area (Å²) in [6.07, 6.45) is 1.06. The minimum Gasteiger partial charge on any atom is -0.465 e. The van der Waals surface area contributed by atoms with Gasteiger partial charge in [-0.05, 0) is 37.1 Å². The van der Waals surface area contributed by atoms with Crippen LogP contribution in [-0.4, -0.2) is 39.1 Å². The van der Waals surface area contributed by atoms with Crippen molar-refractivity contribution in [1.29, 1.82) is 0 Å². The number of hydrogen-bond donors (Lipinski definition) is 1. The van der Waals surface area contributed by atoms with Gasteiger partial charge in [0.05, 0.1) is 15.8 Å². The number of aromatic nitrogens is 1. The van der Waals surface area contributed by atoms with Crippen LogP contribution in [0.1, 0.15) is 12.5 Å². The zero-order valence-electron chi connectivity index (χ0n) is 11.5. The van der Waals surface area contributed by atoms with Gasteiger partial charge >= 0.3 is 6.09 Å². The lowest BCUT2D eigenvalue weighted by Gasteiger charge is -2.17. The van der Waals surface area contributed by atoms with Gasteiger partial charge in [0.2, 0.25) is 0 Å². The van der Waals surface area contributed by atoms with Crippen LogP contribution in [0.2, 0.25) is 0 Å². The molecule has 7 heteroatoms. The maximum atomic E-state index is 11.0. The van der Waals surface area contributed by atoms with E-state index in [9.17, 15) is 14.9 Å². The molecule has 1 amide bonds. The number of nitro groups is 1. The minimum atomic E-state index is -0.975. The Balaban J connectivity index is 2.35. The van der Waals surface area contributed by atoms with Gasteiger partial charge in [-0.3, -0.25) is 15.1 Å². The Morgan fingerprint density at radius 3 is 2.81 bits per heavy atom. The third-order valence-electron chi connectivity index (χ3n) is 3.33. The van der Waals surface area contributed by atoms with E-state index >= 15 is 0 Å². The molecule has 0 saturated carbocycles. The average molecular weight is 289 g/mol. The van der Waals surface area contributed by atoms with Gasteiger partial charge < -0.3 is 10.0 Å². The lowest BCUT2D eigenvalue weighted by atomic mass is 10.1. The van der Waals surface area contributed by atoms with E-state index in [0.717, 1.165) is 5.56 Å². The van der Waals surface area contributed by atoms with Crippen molar-refractivity contribution in [3.63, 3.8) is 0 Å². The molecule has 1 N–H and O–H groups in total. The first-order valence-electron chi connectivity index (χ1n) is 6.53. The van der Waals surface area contributed by atoms with E-state index < -0.39 is 11.0 Å². The molecule has 0 unspecified atom stereocenters. The molecule has 110 valence electrons. The summed E-state index contributed by atoms with van der Waals surface area (Å²) < 4.78 is 0. The molecule has 0 saturated heterocycles. The number of likely N-dealkylation sites (N-methyl/N-ethyl adjacent to an activating group) is 1. The predicted octanol–water partition coefficient (Wildman–Crippen LogP) is 2.69. The monoisotopic (exact) mass is 289 g/mol. The quantitative estimate of drug-likeness (QED) is 0.674. The number of rotatable bonds is 5. The molecule has 7 nitrogen and oxygen atoms in total. The number of fused-ring (bicyclic) bond motifs is 1. The molecule has 0 spiro atoms. The van der Waals surface area contributed by atoms with Crippen LogP contribution < -0.4 is 0 Å². The summed E-state index contributed by atoms with van der Waals surface area (Å²) in [6.45, 7) is 2.49. The standard InChI is InChI=1S/C14H15N3O4/c1-2-16(14(18)19)9-7-10-5-6-12(17(20)21)11-4-3-8-15-13(10)11/h3-6,8H,2,7,9H2,1H3,(H,18,19). The van der Waals surface area contributed by atoms with Gasteiger partial charge in [0, 0.05) is 25.4 Å². The minimum absolute atomic E-state index is 0.00688. The highest BCUT2D eigenvalue weighted by atomic mass is 16.6. The Bertz CT molecular complexity index is 687. The first kappa shape index (κ1) is 14.7. The summed E-state index contributed by atoms with van der Waals surface area (Å²) in [4.78, 5) is 27.0. The van der Waals surface area contributed by atoms with Gasteiger partial charge in [0.15, 0.2) is 0 Å². The van der Waals surface area contributed by atoms with Crippen molar-refractivity contribution in [3.05, 3.63) is 46.1 Å². The van der Waals surface area contributed by atoms with Gasteiger partial charge in [-0.25, -0.2) is 4.79 Å². The van der Waals surface area contributed by atoms with E-state index in [1.54, 1.807) is 31.3 Å². The van der Waals surface area contributed by atoms with E-state index in [-0.39, 0.29) is 5.69 Å². The van der Waals surface area contributed by atoms with Crippen molar-refractivity contribution < 1.29 is 14.8 Å². The maximum absolute atomic E-state index is 11.0. The fraction of sp³-hybridized carbons (Fsp3) is 0.286. The number of non-ortho nitro benzene ring substituents is 1. The van der Waals surface area contributed by atoms with Crippen LogP contribution in [0.3, 0.4) is 0 Å². The van der Waals surface area contributed by atoms with Crippen LogP contribution >= 0.6 is 0 Å². The van der Waals surface area contributed by atoms with Gasteiger partial charge in [0.1, 0.15) is 0 Å². The van der Waals surface area contributed by atoms with E-state index in [2.05, 4.69) is 4.98 Å². The van der Waals surface area contributed by atoms with Crippen LogP contribution in [-0.2, 0) is 6.42 Å². The second-order valence-electron chi connectivity index (χ2n) is 4.51. The zero-order chi connectivity index (χ0) is 15.4. The summed E-state index contributed by atoms with van der Waals surface area (Å²) >= 11 is 0. The Morgan fingerprint density at radius 1 is 1.43 bits per heavy atom. The molecule has 2 rings (SSSR count). The highest BCUT2D eigenvalue weighted by Crippen LogP contribution is 2.27. The molecule has 0 aliphatic rings. The summed E-state index contributed by atoms with van der Waals surface area (Å²) in [6, 6.07) is 6.38. The first-order valence-corrected chi connectivity index (χ1v) is 6.53. The fourth-order valence-electron chi connectivity index (χ4n) is 2.22. The number of carboxylic acid groups (broad SMARTS) is 1. The third-order valence-corrected chi connectivity index (χ3v) is 3.33. The molecular weight excluding hydrogens is 274 g/mol. The van der Waals surface area contributed by atoms with Crippen molar-refractivity contribution in [2.24, 2.45) is 0 Å². The molecule has 0 radical (unpaired) electrons. The molecule has 1 aromatic heterocycles. The predicted molar refractivity (Wildman–Crippen MR) is 77.4 cm³/mol. The number of nitro benzene ring substituents is 1. The molecule has 0 aliphatic heterocycles. The number of amides is 1. The molecule has 0 atom stereocenters. The smallest absolute Gasteiger partial charge is 0.407 e. The number of nitrogens with zero attached hydrogens (tertiary/aromatic N) is 3. The number of benzene rings is 1. The Labute approximate surface area is 121 Å². The summed E-state index contributed by atoms with van der Waals surface area (Å²) in [5.41, 5.74) is 1.36. The number of carbonyl (C=O) groups is 1. The molecule has 0 aliphatic carbocycles. The van der Waals surface area contributed by atoms with Crippen LogP contribution in [0.25, 0.3) is 10.9 Å². The highest BCUT2D eigenvalue weighted by molar-refractivity contribution is 5.90. The van der Waals surface area contributed by atoms with E-state index in [1.807, 2.05) is 0 Å².